The first kappa shape index (κ1) is 15.0. The van der Waals surface area contributed by atoms with Crippen molar-refractivity contribution in [1.29, 1.82) is 0 Å². The minimum Gasteiger partial charge on any atom is -0.493 e. The highest BCUT2D eigenvalue weighted by Gasteiger charge is 2.23. The summed E-state index contributed by atoms with van der Waals surface area (Å²) in [5.41, 5.74) is 10.1. The molecule has 0 aliphatic heterocycles. The Labute approximate surface area is 123 Å². The van der Waals surface area contributed by atoms with Crippen molar-refractivity contribution in [1.82, 2.24) is 19.7 Å². The number of aromatic nitrogens is 3. The SMILES string of the molecule is COc1cnn(CCN(C)C)c1C(N)c1scnc1C. The number of hydrogen-bond acceptors (Lipinski definition) is 6. The Morgan fingerprint density at radius 1 is 1.50 bits per heavy atom. The number of ether oxygens (including phenoxy) is 1. The molecule has 0 saturated carbocycles. The summed E-state index contributed by atoms with van der Waals surface area (Å²) in [6.07, 6.45) is 1.72. The maximum absolute atomic E-state index is 6.41. The molecule has 0 radical (unpaired) electrons. The largest absolute Gasteiger partial charge is 0.493 e. The summed E-state index contributed by atoms with van der Waals surface area (Å²) in [6.45, 7) is 3.64. The molecule has 0 amide bonds. The van der Waals surface area contributed by atoms with Crippen LogP contribution in [-0.2, 0) is 6.54 Å². The van der Waals surface area contributed by atoms with Gasteiger partial charge in [0.2, 0.25) is 0 Å². The number of likely N-dealkylation sites (N-methyl/N-ethyl adjacent to an activating group) is 1. The standard InChI is InChI=1S/C13H21N5OS/c1-9-13(20-8-15-9)11(14)12-10(19-4)7-16-18(12)6-5-17(2)3/h7-8,11H,5-6,14H2,1-4H3. The van der Waals surface area contributed by atoms with Gasteiger partial charge in [0, 0.05) is 6.54 Å². The average molecular weight is 295 g/mol. The number of thiazole rings is 1. The molecule has 0 fully saturated rings. The van der Waals surface area contributed by atoms with Gasteiger partial charge in [-0.25, -0.2) is 4.98 Å². The minimum atomic E-state index is -0.262. The monoisotopic (exact) mass is 295 g/mol. The first-order valence-corrected chi connectivity index (χ1v) is 7.32. The molecule has 1 atom stereocenters. The second-order valence-corrected chi connectivity index (χ2v) is 5.79. The first-order valence-electron chi connectivity index (χ1n) is 6.44. The third-order valence-electron chi connectivity index (χ3n) is 3.18. The molecule has 0 aliphatic rings. The Balaban J connectivity index is 2.33. The lowest BCUT2D eigenvalue weighted by Crippen LogP contribution is -2.23. The highest BCUT2D eigenvalue weighted by atomic mass is 32.1. The van der Waals surface area contributed by atoms with Crippen molar-refractivity contribution in [2.24, 2.45) is 5.73 Å². The van der Waals surface area contributed by atoms with E-state index in [9.17, 15) is 0 Å². The molecule has 0 aliphatic carbocycles. The Kier molecular flexibility index (Phi) is 4.74. The zero-order valence-electron chi connectivity index (χ0n) is 12.3. The molecule has 2 heterocycles. The fraction of sp³-hybridized carbons (Fsp3) is 0.538. The van der Waals surface area contributed by atoms with Crippen LogP contribution in [0.4, 0.5) is 0 Å². The number of hydrogen-bond donors (Lipinski definition) is 1. The van der Waals surface area contributed by atoms with Crippen LogP contribution in [0.5, 0.6) is 5.75 Å². The summed E-state index contributed by atoms with van der Waals surface area (Å²) in [5, 5.41) is 4.39. The molecular formula is C13H21N5OS. The Morgan fingerprint density at radius 3 is 2.80 bits per heavy atom. The van der Waals surface area contributed by atoms with Crippen molar-refractivity contribution in [2.45, 2.75) is 19.5 Å². The highest BCUT2D eigenvalue weighted by Crippen LogP contribution is 2.31. The van der Waals surface area contributed by atoms with Crippen LogP contribution in [0.3, 0.4) is 0 Å². The molecule has 7 heteroatoms. The van der Waals surface area contributed by atoms with Gasteiger partial charge in [-0.15, -0.1) is 11.3 Å². The normalized spacial score (nSPS) is 12.9. The second-order valence-electron chi connectivity index (χ2n) is 4.90. The Hall–Kier alpha value is -1.44. The summed E-state index contributed by atoms with van der Waals surface area (Å²) >= 11 is 1.56. The van der Waals surface area contributed by atoms with Crippen LogP contribution in [0.15, 0.2) is 11.7 Å². The van der Waals surface area contributed by atoms with Crippen molar-refractivity contribution < 1.29 is 4.74 Å². The summed E-state index contributed by atoms with van der Waals surface area (Å²) in [6, 6.07) is -0.262. The molecular weight excluding hydrogens is 274 g/mol. The van der Waals surface area contributed by atoms with Gasteiger partial charge >= 0.3 is 0 Å². The third kappa shape index (κ3) is 3.00. The zero-order valence-corrected chi connectivity index (χ0v) is 13.1. The number of nitrogens with two attached hydrogens (primary N) is 1. The van der Waals surface area contributed by atoms with E-state index in [1.54, 1.807) is 24.6 Å². The van der Waals surface area contributed by atoms with Crippen LogP contribution in [0.25, 0.3) is 0 Å². The molecule has 6 nitrogen and oxygen atoms in total. The lowest BCUT2D eigenvalue weighted by atomic mass is 10.1. The predicted molar refractivity (Wildman–Crippen MR) is 80.2 cm³/mol. The van der Waals surface area contributed by atoms with E-state index in [4.69, 9.17) is 10.5 Å². The van der Waals surface area contributed by atoms with Gasteiger partial charge in [0.15, 0.2) is 5.75 Å². The molecule has 0 bridgehead atoms. The minimum absolute atomic E-state index is 0.262. The second kappa shape index (κ2) is 6.34. The van der Waals surface area contributed by atoms with Gasteiger partial charge in [0.25, 0.3) is 0 Å². The van der Waals surface area contributed by atoms with E-state index in [0.717, 1.165) is 35.1 Å². The van der Waals surface area contributed by atoms with E-state index >= 15 is 0 Å². The van der Waals surface area contributed by atoms with E-state index in [2.05, 4.69) is 15.0 Å². The fourth-order valence-electron chi connectivity index (χ4n) is 2.06. The van der Waals surface area contributed by atoms with Crippen LogP contribution in [0.1, 0.15) is 22.3 Å². The molecule has 110 valence electrons. The average Bonchev–Trinajstić information content (AvgIpc) is 3.01. The molecule has 2 aromatic rings. The molecule has 20 heavy (non-hydrogen) atoms. The number of rotatable bonds is 6. The third-order valence-corrected chi connectivity index (χ3v) is 4.20. The van der Waals surface area contributed by atoms with Gasteiger partial charge in [-0.2, -0.15) is 5.10 Å². The maximum atomic E-state index is 6.41. The summed E-state index contributed by atoms with van der Waals surface area (Å²) in [4.78, 5) is 7.43. The van der Waals surface area contributed by atoms with Crippen LogP contribution in [-0.4, -0.2) is 47.4 Å². The molecule has 2 N–H and O–H groups in total. The van der Waals surface area contributed by atoms with E-state index in [0.29, 0.717) is 0 Å². The molecule has 2 rings (SSSR count). The molecule has 0 spiro atoms. The van der Waals surface area contributed by atoms with Crippen LogP contribution < -0.4 is 10.5 Å². The molecule has 0 saturated heterocycles. The lowest BCUT2D eigenvalue weighted by Gasteiger charge is -2.17. The van der Waals surface area contributed by atoms with Crippen molar-refractivity contribution >= 4 is 11.3 Å². The van der Waals surface area contributed by atoms with E-state index in [1.807, 2.05) is 31.2 Å². The number of nitrogens with zero attached hydrogens (tertiary/aromatic N) is 4. The van der Waals surface area contributed by atoms with E-state index in [1.165, 1.54) is 0 Å². The highest BCUT2D eigenvalue weighted by molar-refractivity contribution is 7.09. The van der Waals surface area contributed by atoms with Gasteiger partial charge in [0.05, 0.1) is 42.0 Å². The maximum Gasteiger partial charge on any atom is 0.161 e. The quantitative estimate of drug-likeness (QED) is 0.869. The number of aryl methyl sites for hydroxylation is 1. The van der Waals surface area contributed by atoms with Gasteiger partial charge in [0.1, 0.15) is 5.69 Å². The van der Waals surface area contributed by atoms with Crippen molar-refractivity contribution in [3.63, 3.8) is 0 Å². The van der Waals surface area contributed by atoms with Gasteiger partial charge in [-0.3, -0.25) is 4.68 Å². The molecule has 0 aromatic carbocycles. The van der Waals surface area contributed by atoms with Gasteiger partial charge < -0.3 is 15.4 Å². The first-order chi connectivity index (χ1) is 9.54. The van der Waals surface area contributed by atoms with Crippen molar-refractivity contribution in [2.75, 3.05) is 27.7 Å². The van der Waals surface area contributed by atoms with E-state index < -0.39 is 0 Å². The summed E-state index contributed by atoms with van der Waals surface area (Å²) in [5.74, 6) is 0.726. The van der Waals surface area contributed by atoms with Crippen LogP contribution >= 0.6 is 11.3 Å². The van der Waals surface area contributed by atoms with Crippen molar-refractivity contribution in [3.05, 3.63) is 28.0 Å². The van der Waals surface area contributed by atoms with Crippen LogP contribution in [0, 0.1) is 6.92 Å². The molecule has 1 unspecified atom stereocenters. The lowest BCUT2D eigenvalue weighted by molar-refractivity contribution is 0.363. The van der Waals surface area contributed by atoms with Gasteiger partial charge in [-0.05, 0) is 21.0 Å². The number of methoxy groups -OCH3 is 1. The predicted octanol–water partition coefficient (Wildman–Crippen LogP) is 1.27. The summed E-state index contributed by atoms with van der Waals surface area (Å²) < 4.78 is 7.32. The molecule has 2 aromatic heterocycles. The smallest absolute Gasteiger partial charge is 0.161 e. The Morgan fingerprint density at radius 2 is 2.25 bits per heavy atom. The van der Waals surface area contributed by atoms with Crippen molar-refractivity contribution in [3.8, 4) is 5.75 Å². The zero-order chi connectivity index (χ0) is 14.7. The summed E-state index contributed by atoms with van der Waals surface area (Å²) in [7, 11) is 5.71. The van der Waals surface area contributed by atoms with E-state index in [-0.39, 0.29) is 6.04 Å². The van der Waals surface area contributed by atoms with Crippen LogP contribution in [0.2, 0.25) is 0 Å². The Bertz CT molecular complexity index is 563. The topological polar surface area (TPSA) is 69.2 Å². The van der Waals surface area contributed by atoms with Gasteiger partial charge in [-0.1, -0.05) is 0 Å². The fourth-order valence-corrected chi connectivity index (χ4v) is 2.86.